The Morgan fingerprint density at radius 1 is 1.26 bits per heavy atom. The van der Waals surface area contributed by atoms with Crippen molar-refractivity contribution in [1.82, 2.24) is 14.5 Å². The SMILES string of the molecule is C[C@H](Nc1ncnc2c1cc(C1=CCS(=O)(=O)CC1)c(=O)n2C)c1cccc(C(F)C#N)c1F.S. The van der Waals surface area contributed by atoms with Crippen LogP contribution in [0.5, 0.6) is 0 Å². The van der Waals surface area contributed by atoms with E-state index in [9.17, 15) is 22.0 Å². The van der Waals surface area contributed by atoms with Crippen LogP contribution in [0.15, 0.2) is 41.5 Å². The number of pyridine rings is 1. The number of allylic oxidation sites excluding steroid dienone is 1. The quantitative estimate of drug-likeness (QED) is 0.548. The molecule has 12 heteroatoms. The minimum Gasteiger partial charge on any atom is -0.363 e. The lowest BCUT2D eigenvalue weighted by Crippen LogP contribution is -2.24. The third-order valence-corrected chi connectivity index (χ3v) is 7.38. The van der Waals surface area contributed by atoms with Crippen LogP contribution >= 0.6 is 13.5 Å². The molecule has 1 N–H and O–H groups in total. The standard InChI is InChI=1S/C23H21F2N5O3S.H2S/c1-13(15-4-3-5-16(20(15)25)19(24)11-26)29-21-18-10-17(14-6-8-34(32,33)9-7-14)23(31)30(2)22(18)28-12-27-21;/h3-6,10,12-13,19H,7-9H2,1-2H3,(H,27,28,29);1H2/t13-,19?;/m0./s1. The van der Waals surface area contributed by atoms with Gasteiger partial charge in [0.25, 0.3) is 5.56 Å². The van der Waals surface area contributed by atoms with Gasteiger partial charge in [0.15, 0.2) is 9.84 Å². The van der Waals surface area contributed by atoms with E-state index >= 15 is 0 Å². The van der Waals surface area contributed by atoms with Gasteiger partial charge in [-0.3, -0.25) is 9.36 Å². The van der Waals surface area contributed by atoms with E-state index in [1.54, 1.807) is 26.1 Å². The van der Waals surface area contributed by atoms with Gasteiger partial charge in [0, 0.05) is 23.7 Å². The summed E-state index contributed by atoms with van der Waals surface area (Å²) in [4.78, 5) is 21.4. The first kappa shape index (κ1) is 26.3. The number of rotatable bonds is 5. The van der Waals surface area contributed by atoms with Gasteiger partial charge in [-0.1, -0.05) is 24.3 Å². The van der Waals surface area contributed by atoms with Crippen molar-refractivity contribution in [3.05, 3.63) is 69.5 Å². The molecule has 3 aromatic rings. The zero-order chi connectivity index (χ0) is 24.6. The lowest BCUT2D eigenvalue weighted by Gasteiger charge is -2.19. The molecule has 0 bridgehead atoms. The average Bonchev–Trinajstić information content (AvgIpc) is 2.81. The van der Waals surface area contributed by atoms with Gasteiger partial charge in [0.05, 0.1) is 22.9 Å². The van der Waals surface area contributed by atoms with Crippen LogP contribution in [-0.4, -0.2) is 34.5 Å². The first-order valence-corrected chi connectivity index (χ1v) is 12.3. The van der Waals surface area contributed by atoms with Crippen LogP contribution in [0.4, 0.5) is 14.6 Å². The largest absolute Gasteiger partial charge is 0.363 e. The molecule has 2 atom stereocenters. The van der Waals surface area contributed by atoms with Gasteiger partial charge in [0.1, 0.15) is 29.7 Å². The summed E-state index contributed by atoms with van der Waals surface area (Å²) in [6.45, 7) is 1.66. The second-order valence-corrected chi connectivity index (χ2v) is 10.3. The Morgan fingerprint density at radius 3 is 2.63 bits per heavy atom. The first-order chi connectivity index (χ1) is 16.1. The number of nitrogens with one attached hydrogen (secondary N) is 1. The lowest BCUT2D eigenvalue weighted by atomic mass is 10.0. The summed E-state index contributed by atoms with van der Waals surface area (Å²) in [5.41, 5.74) is 0.796. The molecule has 3 heterocycles. The van der Waals surface area contributed by atoms with Crippen molar-refractivity contribution in [3.8, 4) is 6.07 Å². The molecule has 184 valence electrons. The van der Waals surface area contributed by atoms with Crippen LogP contribution in [0.2, 0.25) is 0 Å². The molecule has 1 aliphatic rings. The first-order valence-electron chi connectivity index (χ1n) is 10.5. The Hall–Kier alpha value is -3.30. The molecule has 0 spiro atoms. The Kier molecular flexibility index (Phi) is 7.62. The molecule has 0 fully saturated rings. The fourth-order valence-corrected chi connectivity index (χ4v) is 5.14. The minimum atomic E-state index is -3.16. The molecule has 0 saturated carbocycles. The Morgan fingerprint density at radius 2 is 1.97 bits per heavy atom. The van der Waals surface area contributed by atoms with Crippen LogP contribution in [0.3, 0.4) is 0 Å². The normalized spacial score (nSPS) is 16.5. The highest BCUT2D eigenvalue weighted by atomic mass is 32.2. The van der Waals surface area contributed by atoms with Gasteiger partial charge in [0.2, 0.25) is 6.17 Å². The Balaban J connectivity index is 0.00000342. The summed E-state index contributed by atoms with van der Waals surface area (Å²) < 4.78 is 53.7. The molecule has 2 aromatic heterocycles. The molecular weight excluding hydrogens is 496 g/mol. The highest BCUT2D eigenvalue weighted by Crippen LogP contribution is 2.30. The number of hydrogen-bond donors (Lipinski definition) is 1. The lowest BCUT2D eigenvalue weighted by molar-refractivity contribution is 0.406. The summed E-state index contributed by atoms with van der Waals surface area (Å²) in [6.07, 6.45) is 0.946. The molecular formula is C23H23F2N5O3S2. The summed E-state index contributed by atoms with van der Waals surface area (Å²) >= 11 is 0. The summed E-state index contributed by atoms with van der Waals surface area (Å²) in [5, 5.41) is 12.4. The predicted octanol–water partition coefficient (Wildman–Crippen LogP) is 3.49. The number of halogens is 2. The maximum Gasteiger partial charge on any atom is 0.259 e. The second kappa shape index (κ2) is 10.1. The number of aryl methyl sites for hydroxylation is 1. The third-order valence-electron chi connectivity index (χ3n) is 5.88. The predicted molar refractivity (Wildman–Crippen MR) is 134 cm³/mol. The van der Waals surface area contributed by atoms with E-state index in [1.807, 2.05) is 0 Å². The second-order valence-electron chi connectivity index (χ2n) is 8.08. The number of hydrogen-bond acceptors (Lipinski definition) is 7. The number of fused-ring (bicyclic) bond motifs is 1. The molecule has 35 heavy (non-hydrogen) atoms. The zero-order valence-corrected chi connectivity index (χ0v) is 20.7. The number of anilines is 1. The topological polar surface area (TPSA) is 118 Å². The van der Waals surface area contributed by atoms with E-state index in [1.165, 1.54) is 35.2 Å². The number of aromatic nitrogens is 3. The number of nitriles is 1. The van der Waals surface area contributed by atoms with E-state index in [4.69, 9.17) is 5.26 Å². The van der Waals surface area contributed by atoms with Gasteiger partial charge in [-0.2, -0.15) is 18.8 Å². The highest BCUT2D eigenvalue weighted by molar-refractivity contribution is 7.91. The minimum absolute atomic E-state index is 0. The molecule has 0 amide bonds. The van der Waals surface area contributed by atoms with E-state index in [0.717, 1.165) is 0 Å². The van der Waals surface area contributed by atoms with Crippen LogP contribution in [0.1, 0.15) is 42.2 Å². The molecule has 4 rings (SSSR count). The van der Waals surface area contributed by atoms with Crippen molar-refractivity contribution >= 4 is 45.8 Å². The molecule has 1 unspecified atom stereocenters. The molecule has 0 radical (unpaired) electrons. The Labute approximate surface area is 207 Å². The molecule has 1 aliphatic heterocycles. The van der Waals surface area contributed by atoms with E-state index in [-0.39, 0.29) is 48.1 Å². The van der Waals surface area contributed by atoms with Crippen molar-refractivity contribution in [2.75, 3.05) is 16.8 Å². The smallest absolute Gasteiger partial charge is 0.259 e. The highest BCUT2D eigenvalue weighted by Gasteiger charge is 2.23. The van der Waals surface area contributed by atoms with Crippen molar-refractivity contribution in [2.24, 2.45) is 7.05 Å². The van der Waals surface area contributed by atoms with Crippen LogP contribution in [0, 0.1) is 17.1 Å². The maximum absolute atomic E-state index is 14.9. The monoisotopic (exact) mass is 519 g/mol. The number of nitrogens with zero attached hydrogens (tertiary/aromatic N) is 4. The van der Waals surface area contributed by atoms with Crippen molar-refractivity contribution in [1.29, 1.82) is 5.26 Å². The average molecular weight is 520 g/mol. The van der Waals surface area contributed by atoms with Gasteiger partial charge >= 0.3 is 0 Å². The van der Waals surface area contributed by atoms with Gasteiger partial charge in [-0.15, -0.1) is 0 Å². The van der Waals surface area contributed by atoms with Crippen LogP contribution in [-0.2, 0) is 16.9 Å². The number of alkyl halides is 1. The molecule has 1 aromatic carbocycles. The van der Waals surface area contributed by atoms with Gasteiger partial charge in [-0.25, -0.2) is 27.2 Å². The zero-order valence-electron chi connectivity index (χ0n) is 18.9. The van der Waals surface area contributed by atoms with E-state index in [0.29, 0.717) is 28.0 Å². The fraction of sp³-hybridized carbons (Fsp3) is 0.304. The summed E-state index contributed by atoms with van der Waals surface area (Å²) in [6, 6.07) is 6.52. The summed E-state index contributed by atoms with van der Waals surface area (Å²) in [5.74, 6) is -0.677. The molecule has 0 aliphatic carbocycles. The van der Waals surface area contributed by atoms with Crippen LogP contribution < -0.4 is 10.9 Å². The van der Waals surface area contributed by atoms with Crippen molar-refractivity contribution in [2.45, 2.75) is 25.6 Å². The maximum atomic E-state index is 14.9. The van der Waals surface area contributed by atoms with Gasteiger partial charge in [-0.05, 0) is 25.0 Å². The number of benzene rings is 1. The summed E-state index contributed by atoms with van der Waals surface area (Å²) in [7, 11) is -1.61. The fourth-order valence-electron chi connectivity index (χ4n) is 3.99. The van der Waals surface area contributed by atoms with Crippen molar-refractivity contribution < 1.29 is 17.2 Å². The van der Waals surface area contributed by atoms with E-state index < -0.39 is 27.9 Å². The van der Waals surface area contributed by atoms with Gasteiger partial charge < -0.3 is 5.32 Å². The Bertz CT molecular complexity index is 1530. The third kappa shape index (κ3) is 5.06. The van der Waals surface area contributed by atoms with Crippen LogP contribution in [0.25, 0.3) is 16.6 Å². The molecule has 0 saturated heterocycles. The number of sulfone groups is 1. The van der Waals surface area contributed by atoms with Crippen molar-refractivity contribution in [3.63, 3.8) is 0 Å². The van der Waals surface area contributed by atoms with E-state index in [2.05, 4.69) is 15.3 Å². The molecule has 8 nitrogen and oxygen atoms in total.